The predicted molar refractivity (Wildman–Crippen MR) is 102 cm³/mol. The molecule has 0 bridgehead atoms. The predicted octanol–water partition coefficient (Wildman–Crippen LogP) is 1.59. The Bertz CT molecular complexity index is 786. The van der Waals surface area contributed by atoms with Gasteiger partial charge in [0.15, 0.2) is 5.96 Å². The Kier molecular flexibility index (Phi) is 6.40. The van der Waals surface area contributed by atoms with E-state index in [0.29, 0.717) is 37.8 Å². The minimum Gasteiger partial charge on any atom is -0.357 e. The molecule has 1 amide bonds. The van der Waals surface area contributed by atoms with Gasteiger partial charge in [-0.1, -0.05) is 6.07 Å². The molecule has 1 aliphatic carbocycles. The van der Waals surface area contributed by atoms with Gasteiger partial charge in [-0.15, -0.1) is 0 Å². The zero-order chi connectivity index (χ0) is 19.1. The van der Waals surface area contributed by atoms with Gasteiger partial charge in [0, 0.05) is 37.9 Å². The zero-order valence-corrected chi connectivity index (χ0v) is 15.4. The third kappa shape index (κ3) is 5.54. The third-order valence-electron chi connectivity index (χ3n) is 4.22. The normalized spacial score (nSPS) is 14.1. The van der Waals surface area contributed by atoms with Crippen molar-refractivity contribution in [3.63, 3.8) is 0 Å². The van der Waals surface area contributed by atoms with Crippen LogP contribution in [0.25, 0.3) is 5.69 Å². The van der Waals surface area contributed by atoms with Crippen molar-refractivity contribution in [3.05, 3.63) is 48.3 Å². The largest absolute Gasteiger partial charge is 0.357 e. The summed E-state index contributed by atoms with van der Waals surface area (Å²) in [6, 6.07) is 5.05. The van der Waals surface area contributed by atoms with E-state index in [1.807, 2.05) is 13.0 Å². The van der Waals surface area contributed by atoms with Crippen molar-refractivity contribution < 1.29 is 9.18 Å². The number of hydrogen-bond donors (Lipinski definition) is 3. The van der Waals surface area contributed by atoms with Gasteiger partial charge in [0.25, 0.3) is 0 Å². The van der Waals surface area contributed by atoms with E-state index in [2.05, 4.69) is 25.9 Å². The van der Waals surface area contributed by atoms with Crippen LogP contribution in [0.15, 0.2) is 41.9 Å². The molecule has 27 heavy (non-hydrogen) atoms. The molecule has 1 saturated carbocycles. The van der Waals surface area contributed by atoms with Crippen LogP contribution in [0.5, 0.6) is 0 Å². The lowest BCUT2D eigenvalue weighted by atomic mass is 10.2. The van der Waals surface area contributed by atoms with Crippen LogP contribution in [0, 0.1) is 11.7 Å². The summed E-state index contributed by atoms with van der Waals surface area (Å²) in [7, 11) is 0. The monoisotopic (exact) mass is 372 g/mol. The summed E-state index contributed by atoms with van der Waals surface area (Å²) in [5, 5.41) is 9.22. The molecule has 7 nitrogen and oxygen atoms in total. The Balaban J connectivity index is 1.52. The average Bonchev–Trinajstić information content (AvgIpc) is 3.38. The molecule has 3 rings (SSSR count). The van der Waals surface area contributed by atoms with Gasteiger partial charge in [0.05, 0.1) is 18.6 Å². The number of aromatic nitrogens is 2. The summed E-state index contributed by atoms with van der Waals surface area (Å²) in [4.78, 5) is 20.0. The lowest BCUT2D eigenvalue weighted by Crippen LogP contribution is -2.41. The maximum Gasteiger partial charge on any atom is 0.223 e. The number of amides is 1. The molecule has 1 aromatic carbocycles. The molecular formula is C19H25FN6O. The van der Waals surface area contributed by atoms with Crippen LogP contribution in [-0.2, 0) is 11.3 Å². The van der Waals surface area contributed by atoms with Gasteiger partial charge in [0.2, 0.25) is 5.91 Å². The van der Waals surface area contributed by atoms with Crippen LogP contribution in [0.1, 0.15) is 25.3 Å². The molecule has 1 heterocycles. The molecule has 0 radical (unpaired) electrons. The first-order valence-corrected chi connectivity index (χ1v) is 9.24. The van der Waals surface area contributed by atoms with Gasteiger partial charge in [-0.05, 0) is 37.5 Å². The minimum atomic E-state index is -0.318. The summed E-state index contributed by atoms with van der Waals surface area (Å²) >= 11 is 0. The molecule has 0 unspecified atom stereocenters. The van der Waals surface area contributed by atoms with Crippen molar-refractivity contribution >= 4 is 11.9 Å². The Morgan fingerprint density at radius 1 is 1.30 bits per heavy atom. The maximum atomic E-state index is 14.3. The van der Waals surface area contributed by atoms with Crippen LogP contribution in [-0.4, -0.2) is 41.1 Å². The molecule has 0 aliphatic heterocycles. The van der Waals surface area contributed by atoms with Crippen LogP contribution >= 0.6 is 0 Å². The van der Waals surface area contributed by atoms with E-state index >= 15 is 0 Å². The van der Waals surface area contributed by atoms with E-state index < -0.39 is 0 Å². The van der Waals surface area contributed by atoms with Crippen molar-refractivity contribution in [2.45, 2.75) is 26.3 Å². The summed E-state index contributed by atoms with van der Waals surface area (Å²) in [5.41, 5.74) is 1.23. The van der Waals surface area contributed by atoms with Gasteiger partial charge < -0.3 is 20.5 Å². The topological polar surface area (TPSA) is 83.3 Å². The van der Waals surface area contributed by atoms with Crippen LogP contribution in [0.4, 0.5) is 4.39 Å². The van der Waals surface area contributed by atoms with Crippen molar-refractivity contribution in [2.75, 3.05) is 19.6 Å². The Labute approximate surface area is 158 Å². The summed E-state index contributed by atoms with van der Waals surface area (Å²) in [6.45, 7) is 4.18. The molecule has 0 saturated heterocycles. The van der Waals surface area contributed by atoms with Gasteiger partial charge in [-0.2, -0.15) is 0 Å². The number of aliphatic imine (C=N–C) groups is 1. The number of nitrogens with one attached hydrogen (secondary N) is 3. The fourth-order valence-corrected chi connectivity index (χ4v) is 2.63. The highest BCUT2D eigenvalue weighted by atomic mass is 19.1. The molecule has 2 aromatic rings. The number of benzene rings is 1. The Morgan fingerprint density at radius 3 is 2.78 bits per heavy atom. The van der Waals surface area contributed by atoms with Gasteiger partial charge >= 0.3 is 0 Å². The second-order valence-electron chi connectivity index (χ2n) is 6.44. The second-order valence-corrected chi connectivity index (χ2v) is 6.44. The number of guanidine groups is 1. The van der Waals surface area contributed by atoms with Gasteiger partial charge in [-0.25, -0.2) is 14.4 Å². The van der Waals surface area contributed by atoms with E-state index in [1.54, 1.807) is 29.4 Å². The average molecular weight is 372 g/mol. The van der Waals surface area contributed by atoms with E-state index in [0.717, 1.165) is 18.4 Å². The molecule has 1 aliphatic rings. The lowest BCUT2D eigenvalue weighted by Gasteiger charge is -2.12. The number of carbonyl (C=O) groups excluding carboxylic acids is 1. The highest BCUT2D eigenvalue weighted by Crippen LogP contribution is 2.28. The van der Waals surface area contributed by atoms with Gasteiger partial charge in [-0.3, -0.25) is 4.79 Å². The number of nitrogens with zero attached hydrogens (tertiary/aromatic N) is 3. The van der Waals surface area contributed by atoms with Crippen LogP contribution in [0.2, 0.25) is 0 Å². The summed E-state index contributed by atoms with van der Waals surface area (Å²) in [6.07, 6.45) is 6.87. The first-order chi connectivity index (χ1) is 13.2. The quantitative estimate of drug-likeness (QED) is 0.373. The molecule has 1 aromatic heterocycles. The van der Waals surface area contributed by atoms with Crippen molar-refractivity contribution in [3.8, 4) is 5.69 Å². The van der Waals surface area contributed by atoms with Crippen molar-refractivity contribution in [1.29, 1.82) is 0 Å². The molecule has 8 heteroatoms. The number of hydrogen-bond acceptors (Lipinski definition) is 3. The first kappa shape index (κ1) is 18.9. The maximum absolute atomic E-state index is 14.3. The number of carbonyl (C=O) groups is 1. The van der Waals surface area contributed by atoms with E-state index in [-0.39, 0.29) is 17.6 Å². The molecule has 3 N–H and O–H groups in total. The van der Waals surface area contributed by atoms with Crippen LogP contribution < -0.4 is 16.0 Å². The zero-order valence-electron chi connectivity index (χ0n) is 15.4. The smallest absolute Gasteiger partial charge is 0.223 e. The molecule has 0 atom stereocenters. The van der Waals surface area contributed by atoms with E-state index in [1.165, 1.54) is 6.07 Å². The van der Waals surface area contributed by atoms with E-state index in [9.17, 15) is 9.18 Å². The SMILES string of the molecule is CCNC(=NCc1ccc(-n2ccnc2)c(F)c1)NCCNC(=O)C1CC1. The molecule has 144 valence electrons. The fraction of sp³-hybridized carbons (Fsp3) is 0.421. The summed E-state index contributed by atoms with van der Waals surface area (Å²) in [5.74, 6) is 0.665. The molecule has 0 spiro atoms. The van der Waals surface area contributed by atoms with Crippen LogP contribution in [0.3, 0.4) is 0 Å². The highest BCUT2D eigenvalue weighted by molar-refractivity contribution is 5.81. The molecular weight excluding hydrogens is 347 g/mol. The first-order valence-electron chi connectivity index (χ1n) is 9.24. The fourth-order valence-electron chi connectivity index (χ4n) is 2.63. The number of imidazole rings is 1. The van der Waals surface area contributed by atoms with Crippen molar-refractivity contribution in [1.82, 2.24) is 25.5 Å². The number of halogens is 1. The summed E-state index contributed by atoms with van der Waals surface area (Å²) < 4.78 is 15.9. The molecule has 1 fully saturated rings. The highest BCUT2D eigenvalue weighted by Gasteiger charge is 2.28. The third-order valence-corrected chi connectivity index (χ3v) is 4.22. The van der Waals surface area contributed by atoms with E-state index in [4.69, 9.17) is 0 Å². The Morgan fingerprint density at radius 2 is 2.11 bits per heavy atom. The second kappa shape index (κ2) is 9.16. The standard InChI is InChI=1S/C19H25FN6O/c1-2-22-19(24-8-7-23-18(27)15-4-5-15)25-12-14-3-6-17(16(20)11-14)26-10-9-21-13-26/h3,6,9-11,13,15H,2,4-5,7-8,12H2,1H3,(H,23,27)(H2,22,24,25). The number of rotatable bonds is 8. The lowest BCUT2D eigenvalue weighted by molar-refractivity contribution is -0.122. The Hall–Kier alpha value is -2.90. The minimum absolute atomic E-state index is 0.132. The van der Waals surface area contributed by atoms with Gasteiger partial charge in [0.1, 0.15) is 5.82 Å². The van der Waals surface area contributed by atoms with Crippen molar-refractivity contribution in [2.24, 2.45) is 10.9 Å².